The molecule has 0 unspecified atom stereocenters. The molecule has 9 N–H and O–H groups in total. The van der Waals surface area contributed by atoms with Crippen LogP contribution in [0.1, 0.15) is 28.7 Å². The van der Waals surface area contributed by atoms with E-state index in [-0.39, 0.29) is 28.7 Å². The highest BCUT2D eigenvalue weighted by Crippen LogP contribution is 2.58. The van der Waals surface area contributed by atoms with Crippen LogP contribution in [-0.4, -0.2) is 68.9 Å². The number of phenols is 1. The van der Waals surface area contributed by atoms with Crippen LogP contribution in [0, 0.1) is 34.4 Å². The first kappa shape index (κ1) is 28.5. The van der Waals surface area contributed by atoms with Crippen molar-refractivity contribution in [2.24, 2.45) is 22.6 Å². The summed E-state index contributed by atoms with van der Waals surface area (Å²) in [5.74, 6) is -1.12. The lowest BCUT2D eigenvalue weighted by Gasteiger charge is -2.58. The first-order chi connectivity index (χ1) is 19.7. The van der Waals surface area contributed by atoms with Crippen molar-refractivity contribution in [3.05, 3.63) is 81.4 Å². The van der Waals surface area contributed by atoms with Gasteiger partial charge in [-0.15, -0.1) is 0 Å². The number of nitriles is 1. The minimum atomic E-state index is -2.75. The van der Waals surface area contributed by atoms with Crippen LogP contribution < -0.4 is 17.2 Å². The average Bonchev–Trinajstić information content (AvgIpc) is 2.88. The molecule has 0 saturated heterocycles. The molecule has 2 aromatic carbocycles. The first-order valence-corrected chi connectivity index (χ1v) is 12.7. The third-order valence-corrected chi connectivity index (χ3v) is 8.34. The molecule has 12 heteroatoms. The smallest absolute Gasteiger partial charge is 0.255 e. The number of carbonyl (C=O) groups is 3. The number of nitrogens with two attached hydrogens (primary N) is 3. The molecule has 4 atom stereocenters. The maximum absolute atomic E-state index is 14.3. The summed E-state index contributed by atoms with van der Waals surface area (Å²) >= 11 is 0. The second kappa shape index (κ2) is 9.26. The van der Waals surface area contributed by atoms with Crippen molar-refractivity contribution in [2.75, 3.05) is 14.1 Å². The fraction of sp³-hybridized carbons (Fsp3) is 0.267. The molecule has 214 valence electrons. The summed E-state index contributed by atoms with van der Waals surface area (Å²) in [6.07, 6.45) is -0.774. The normalized spacial score (nSPS) is 28.4. The van der Waals surface area contributed by atoms with Gasteiger partial charge in [0.1, 0.15) is 28.7 Å². The van der Waals surface area contributed by atoms with Gasteiger partial charge < -0.3 is 32.5 Å². The van der Waals surface area contributed by atoms with E-state index in [9.17, 15) is 39.4 Å². The van der Waals surface area contributed by atoms with Crippen molar-refractivity contribution in [3.8, 4) is 23.7 Å². The summed E-state index contributed by atoms with van der Waals surface area (Å²) in [7, 11) is 2.86. The number of nitrogens with zero attached hydrogens (tertiary/aromatic N) is 2. The number of likely N-dealkylation sites (N-methyl/N-ethyl adjacent to an activating group) is 1. The van der Waals surface area contributed by atoms with E-state index >= 15 is 0 Å². The molecule has 0 heterocycles. The van der Waals surface area contributed by atoms with Gasteiger partial charge in [0, 0.05) is 5.56 Å². The van der Waals surface area contributed by atoms with Crippen LogP contribution in [0.5, 0.6) is 5.75 Å². The van der Waals surface area contributed by atoms with Gasteiger partial charge >= 0.3 is 0 Å². The zero-order valence-electron chi connectivity index (χ0n) is 22.5. The molecule has 1 saturated carbocycles. The van der Waals surface area contributed by atoms with E-state index in [2.05, 4.69) is 11.8 Å². The molecule has 1 fully saturated rings. The topological polar surface area (TPSA) is 217 Å². The Balaban J connectivity index is 1.81. The average molecular weight is 572 g/mol. The number of aromatic hydroxyl groups is 1. The molecule has 0 radical (unpaired) electrons. The largest absolute Gasteiger partial charge is 0.509 e. The van der Waals surface area contributed by atoms with Crippen molar-refractivity contribution in [1.29, 1.82) is 5.26 Å². The maximum atomic E-state index is 14.3. The molecule has 11 nitrogen and oxygen atoms in total. The number of hydrogen-bond acceptors (Lipinski definition) is 10. The van der Waals surface area contributed by atoms with Gasteiger partial charge in [-0.25, -0.2) is 4.39 Å². The van der Waals surface area contributed by atoms with Crippen LogP contribution in [0.3, 0.4) is 0 Å². The highest BCUT2D eigenvalue weighted by Gasteiger charge is 2.74. The highest BCUT2D eigenvalue weighted by atomic mass is 19.1. The van der Waals surface area contributed by atoms with Crippen LogP contribution in [0.4, 0.5) is 4.39 Å². The van der Waals surface area contributed by atoms with Crippen molar-refractivity contribution < 1.29 is 34.1 Å². The van der Waals surface area contributed by atoms with Crippen molar-refractivity contribution in [3.63, 3.8) is 0 Å². The Bertz CT molecular complexity index is 1800. The molecular formula is C30H26FN5O6. The lowest BCUT2D eigenvalue weighted by Crippen LogP contribution is -2.80. The number of phenolic OH excluding ortho intramolecular Hbond substituents is 1. The van der Waals surface area contributed by atoms with Crippen molar-refractivity contribution in [2.45, 2.75) is 30.0 Å². The highest BCUT2D eigenvalue weighted by molar-refractivity contribution is 6.25. The van der Waals surface area contributed by atoms with E-state index in [0.29, 0.717) is 0 Å². The fourth-order valence-corrected chi connectivity index (χ4v) is 6.65. The molecule has 0 aromatic heterocycles. The molecule has 5 rings (SSSR count). The van der Waals surface area contributed by atoms with Gasteiger partial charge in [-0.2, -0.15) is 5.26 Å². The summed E-state index contributed by atoms with van der Waals surface area (Å²) in [5.41, 5.74) is 11.1. The number of Topliss-reactive ketones (excluding diaryl/α,β-unsaturated/α-hetero) is 2. The quantitative estimate of drug-likeness (QED) is 0.216. The van der Waals surface area contributed by atoms with Gasteiger partial charge in [-0.05, 0) is 56.8 Å². The van der Waals surface area contributed by atoms with Crippen molar-refractivity contribution in [1.82, 2.24) is 4.90 Å². The monoisotopic (exact) mass is 571 g/mol. The number of aliphatic hydroxyl groups is 2. The van der Waals surface area contributed by atoms with Gasteiger partial charge in [0.05, 0.1) is 39.9 Å². The van der Waals surface area contributed by atoms with E-state index in [0.717, 1.165) is 0 Å². The molecule has 0 aliphatic heterocycles. The Hall–Kier alpha value is -5.01. The standard InChI is InChI=1S/C30H26FN5O6/c1-36(2)24-23(39)20(27(33)42)25(40)29(13-32)26(41)21-22(38)19-16(11-28(21,34)12-30(24,29)35)14(9-10-18(19)37)7-8-15-5-3-4-6-17(15)31/h3-6,9-10,24,37-38,40H,11-12,34-35H2,1-2H3,(H2,33,42)/t24-,28-,29+,30-/m1/s1. The molecule has 2 aromatic rings. The first-order valence-electron chi connectivity index (χ1n) is 12.7. The number of benzene rings is 2. The van der Waals surface area contributed by atoms with E-state index in [4.69, 9.17) is 17.2 Å². The minimum absolute atomic E-state index is 0.0904. The number of aliphatic hydroxyl groups excluding tert-OH is 2. The van der Waals surface area contributed by atoms with Gasteiger partial charge in [0.15, 0.2) is 17.0 Å². The molecule has 3 aliphatic rings. The second-order valence-corrected chi connectivity index (χ2v) is 11.0. The number of amides is 1. The van der Waals surface area contributed by atoms with E-state index in [1.165, 1.54) is 49.3 Å². The van der Waals surface area contributed by atoms with Crippen LogP contribution in [-0.2, 0) is 20.8 Å². The van der Waals surface area contributed by atoms with Crippen molar-refractivity contribution >= 4 is 23.2 Å². The Morgan fingerprint density at radius 2 is 1.71 bits per heavy atom. The molecule has 0 spiro atoms. The lowest BCUT2D eigenvalue weighted by molar-refractivity contribution is -0.139. The van der Waals surface area contributed by atoms with Crippen LogP contribution in [0.25, 0.3) is 5.76 Å². The third-order valence-electron chi connectivity index (χ3n) is 8.34. The minimum Gasteiger partial charge on any atom is -0.509 e. The van der Waals surface area contributed by atoms with Crippen LogP contribution >= 0.6 is 0 Å². The predicted molar refractivity (Wildman–Crippen MR) is 147 cm³/mol. The number of ketones is 2. The molecule has 1 amide bonds. The van der Waals surface area contributed by atoms with E-state index < -0.39 is 80.7 Å². The summed E-state index contributed by atoms with van der Waals surface area (Å²) in [5, 5.41) is 43.9. The van der Waals surface area contributed by atoms with Gasteiger partial charge in [-0.1, -0.05) is 24.0 Å². The molecule has 42 heavy (non-hydrogen) atoms. The van der Waals surface area contributed by atoms with Crippen LogP contribution in [0.2, 0.25) is 0 Å². The Kier molecular flexibility index (Phi) is 6.29. The fourth-order valence-electron chi connectivity index (χ4n) is 6.65. The lowest BCUT2D eigenvalue weighted by atomic mass is 9.47. The summed E-state index contributed by atoms with van der Waals surface area (Å²) in [6, 6.07) is 8.67. The number of fused-ring (bicyclic) bond motifs is 3. The number of hydrogen-bond donors (Lipinski definition) is 6. The summed E-state index contributed by atoms with van der Waals surface area (Å²) in [6.45, 7) is 0. The third kappa shape index (κ3) is 3.53. The van der Waals surface area contributed by atoms with E-state index in [1.54, 1.807) is 12.1 Å². The number of primary amides is 1. The number of carbonyl (C=O) groups excluding carboxylic acids is 3. The van der Waals surface area contributed by atoms with Gasteiger partial charge in [-0.3, -0.25) is 19.3 Å². The van der Waals surface area contributed by atoms with Crippen LogP contribution in [0.15, 0.2) is 53.3 Å². The zero-order chi connectivity index (χ0) is 30.9. The summed E-state index contributed by atoms with van der Waals surface area (Å²) in [4.78, 5) is 41.4. The molecular weight excluding hydrogens is 545 g/mol. The Labute approximate surface area is 239 Å². The molecule has 3 aliphatic carbocycles. The van der Waals surface area contributed by atoms with Gasteiger partial charge in [0.2, 0.25) is 0 Å². The van der Waals surface area contributed by atoms with Gasteiger partial charge in [0.25, 0.3) is 5.91 Å². The molecule has 0 bridgehead atoms. The Morgan fingerprint density at radius 3 is 2.31 bits per heavy atom. The van der Waals surface area contributed by atoms with E-state index in [1.807, 2.05) is 0 Å². The number of halogens is 1. The zero-order valence-corrected chi connectivity index (χ0v) is 22.5. The summed E-state index contributed by atoms with van der Waals surface area (Å²) < 4.78 is 14.2. The maximum Gasteiger partial charge on any atom is 0.255 e. The second-order valence-electron chi connectivity index (χ2n) is 11.0. The SMILES string of the molecule is CN(C)[C@@H]1C(=O)C(C(N)=O)=C(O)[C@@]2(C#N)C(=O)C3=C(O)c4c(O)ccc(C#Cc5ccccc5F)c4C[C@@]3(N)C[C@@]12N. The number of rotatable bonds is 2. The Morgan fingerprint density at radius 1 is 1.07 bits per heavy atom. The predicted octanol–water partition coefficient (Wildman–Crippen LogP) is 0.444.